The lowest BCUT2D eigenvalue weighted by molar-refractivity contribution is -0.143. The SMILES string of the molecule is CCOC(=O)CNC(O)CNC(=O)Cn1nc2c3c(cccc31)-c1cc3c(cnn3[N+]3(C(=O)CCC(=O)NCCCCCCNC(=O)C[C@@H]4N=C(c5ccc(Cl)cc5)c5c(sc(C)c5C)-n5c(C)nnc54)CCC2CC3)cc1F. The molecular formula is C56H64ClFN13O7S+. The van der Waals surface area contributed by atoms with Gasteiger partial charge in [0.25, 0.3) is 0 Å². The number of ether oxygens (including phenoxy) is 1. The van der Waals surface area contributed by atoms with Gasteiger partial charge in [0, 0.05) is 75.6 Å². The Kier molecular flexibility index (Phi) is 16.5. The molecule has 8 heterocycles. The lowest BCUT2D eigenvalue weighted by Crippen LogP contribution is -2.65. The van der Waals surface area contributed by atoms with Crippen LogP contribution in [0.1, 0.15) is 116 Å². The van der Waals surface area contributed by atoms with E-state index in [0.29, 0.717) is 88.5 Å². The van der Waals surface area contributed by atoms with E-state index in [1.54, 1.807) is 46.1 Å². The molecule has 4 aromatic heterocycles. The van der Waals surface area contributed by atoms with Crippen LogP contribution in [0.4, 0.5) is 4.39 Å². The number of esters is 1. The smallest absolute Gasteiger partial charge is 0.340 e. The third-order valence-electron chi connectivity index (χ3n) is 15.3. The van der Waals surface area contributed by atoms with Gasteiger partial charge in [-0.25, -0.2) is 9.18 Å². The summed E-state index contributed by atoms with van der Waals surface area (Å²) in [5.74, 6) is -0.800. The second-order valence-electron chi connectivity index (χ2n) is 20.4. The number of benzene rings is 3. The van der Waals surface area contributed by atoms with Gasteiger partial charge in [0.05, 0.1) is 55.7 Å². The van der Waals surface area contributed by atoms with Crippen molar-refractivity contribution in [2.24, 2.45) is 4.99 Å². The highest BCUT2D eigenvalue weighted by Gasteiger charge is 2.46. The number of rotatable bonds is 21. The Balaban J connectivity index is 0.721. The fraction of sp³-hybridized carbons (Fsp3) is 0.429. The first-order valence-corrected chi connectivity index (χ1v) is 28.2. The van der Waals surface area contributed by atoms with Gasteiger partial charge in [0.1, 0.15) is 54.1 Å². The van der Waals surface area contributed by atoms with Crippen molar-refractivity contribution in [2.75, 3.05) is 45.9 Å². The van der Waals surface area contributed by atoms with Crippen molar-refractivity contribution in [1.29, 1.82) is 0 Å². The van der Waals surface area contributed by atoms with Gasteiger partial charge in [-0.2, -0.15) is 5.10 Å². The van der Waals surface area contributed by atoms with E-state index < -0.39 is 30.0 Å². The Hall–Kier alpha value is -7.24. The standard InChI is InChI=1S/C56H63ClFN13O7S/c1-5-78-50(77)30-62-47(74)29-61-48(75)31-68-43-12-10-11-39-40-26-44-37(25-41(40)58)28-63-70(44)71(23-19-36(20-24-71)54(67-68)52(39)43)49(76)18-17-45(72)59-21-8-6-7-9-22-60-46(73)27-42-55-66-65-34(4)69(55)56-51(32(2)33(3)79-56)53(64-42)35-13-15-38(57)16-14-35/h10-16,25-26,28,36,42,47,62,74H,5-9,17-24,27,29-31H2,1-4H3,(H2-,59,60,61,72,73,75)/p+1/t36?,42-,47?,71?/m0/s1. The summed E-state index contributed by atoms with van der Waals surface area (Å²) < 4.78 is 24.6. The monoisotopic (exact) mass is 1120 g/mol. The molecule has 4 amide bonds. The maximum Gasteiger partial charge on any atom is 0.340 e. The van der Waals surface area contributed by atoms with Crippen molar-refractivity contribution in [2.45, 2.75) is 110 Å². The van der Waals surface area contributed by atoms with E-state index in [-0.39, 0.29) is 73.7 Å². The van der Waals surface area contributed by atoms with Crippen LogP contribution >= 0.6 is 22.9 Å². The summed E-state index contributed by atoms with van der Waals surface area (Å²) in [6.07, 6.45) is 4.61. The lowest BCUT2D eigenvalue weighted by atomic mass is 9.88. The number of nitrogens with one attached hydrogen (secondary N) is 4. The van der Waals surface area contributed by atoms with Gasteiger partial charge in [-0.1, -0.05) is 53.5 Å². The van der Waals surface area contributed by atoms with Crippen molar-refractivity contribution >= 4 is 80.1 Å². The van der Waals surface area contributed by atoms with Crippen molar-refractivity contribution in [3.8, 4) is 16.1 Å². The van der Waals surface area contributed by atoms with Gasteiger partial charge >= 0.3 is 11.9 Å². The zero-order valence-electron chi connectivity index (χ0n) is 44.6. The Morgan fingerprint density at radius 3 is 2.39 bits per heavy atom. The number of unbranched alkanes of at least 4 members (excludes halogenated alkanes) is 3. The fourth-order valence-corrected chi connectivity index (χ4v) is 12.4. The van der Waals surface area contributed by atoms with Crippen LogP contribution in [0.2, 0.25) is 5.02 Å². The Morgan fingerprint density at radius 2 is 1.65 bits per heavy atom. The topological polar surface area (TPSA) is 242 Å². The van der Waals surface area contributed by atoms with Gasteiger partial charge in [-0.05, 0) is 82.0 Å². The first kappa shape index (κ1) is 55.1. The summed E-state index contributed by atoms with van der Waals surface area (Å²) in [5, 5.41) is 43.1. The van der Waals surface area contributed by atoms with Gasteiger partial charge < -0.3 is 25.8 Å². The minimum atomic E-state index is -1.20. The molecule has 4 aliphatic heterocycles. The minimum Gasteiger partial charge on any atom is -0.465 e. The molecule has 11 rings (SSSR count). The maximum absolute atomic E-state index is 16.2. The van der Waals surface area contributed by atoms with Gasteiger partial charge in [-0.3, -0.25) is 38.7 Å². The van der Waals surface area contributed by atoms with E-state index in [2.05, 4.69) is 45.3 Å². The minimum absolute atomic E-state index is 0.0139. The number of halogens is 2. The largest absolute Gasteiger partial charge is 0.465 e. The quantitative estimate of drug-likeness (QED) is 0.0227. The molecule has 0 saturated carbocycles. The number of quaternary nitrogens is 1. The lowest BCUT2D eigenvalue weighted by Gasteiger charge is -2.39. The van der Waals surface area contributed by atoms with Gasteiger partial charge in [0.15, 0.2) is 5.82 Å². The number of fused-ring (bicyclic) bond motifs is 5. The number of piperidine rings is 1. The first-order valence-electron chi connectivity index (χ1n) is 27.0. The molecule has 0 radical (unpaired) electrons. The molecule has 414 valence electrons. The molecule has 2 atom stereocenters. The summed E-state index contributed by atoms with van der Waals surface area (Å²) in [6, 6.07) is 15.6. The van der Waals surface area contributed by atoms with Crippen molar-refractivity contribution in [3.05, 3.63) is 111 Å². The van der Waals surface area contributed by atoms with Crippen LogP contribution in [0, 0.1) is 26.6 Å². The first-order chi connectivity index (χ1) is 38.1. The second kappa shape index (κ2) is 23.6. The average Bonchev–Trinajstić information content (AvgIpc) is 4.28. The molecular weight excluding hydrogens is 1050 g/mol. The summed E-state index contributed by atoms with van der Waals surface area (Å²) in [7, 11) is 0. The van der Waals surface area contributed by atoms with E-state index in [1.807, 2.05) is 47.9 Å². The molecule has 5 N–H and O–H groups in total. The number of aliphatic hydroxyl groups excluding tert-OH is 1. The number of thiophene rings is 1. The fourth-order valence-electron chi connectivity index (χ4n) is 11.1. The van der Waals surface area contributed by atoms with E-state index in [0.717, 1.165) is 58.9 Å². The summed E-state index contributed by atoms with van der Waals surface area (Å²) >= 11 is 7.93. The third kappa shape index (κ3) is 11.3. The molecule has 0 spiro atoms. The molecule has 0 aliphatic carbocycles. The molecule has 79 heavy (non-hydrogen) atoms. The van der Waals surface area contributed by atoms with Crippen molar-refractivity contribution in [1.82, 2.24) is 60.3 Å². The Morgan fingerprint density at radius 1 is 0.899 bits per heavy atom. The second-order valence-corrected chi connectivity index (χ2v) is 22.1. The number of aliphatic imine (C=N–C) groups is 1. The number of aryl methyl sites for hydroxylation is 2. The Labute approximate surface area is 464 Å². The Bertz CT molecular complexity index is 3510. The van der Waals surface area contributed by atoms with Crippen molar-refractivity contribution < 1.29 is 38.2 Å². The van der Waals surface area contributed by atoms with Crippen molar-refractivity contribution in [3.63, 3.8) is 0 Å². The van der Waals surface area contributed by atoms with E-state index in [9.17, 15) is 29.1 Å². The van der Waals surface area contributed by atoms with Crippen LogP contribution in [-0.2, 0) is 35.3 Å². The predicted molar refractivity (Wildman–Crippen MR) is 298 cm³/mol. The highest BCUT2D eigenvalue weighted by molar-refractivity contribution is 7.15. The highest BCUT2D eigenvalue weighted by atomic mass is 35.5. The summed E-state index contributed by atoms with van der Waals surface area (Å²) in [6.45, 7) is 9.01. The highest BCUT2D eigenvalue weighted by Crippen LogP contribution is 2.43. The van der Waals surface area contributed by atoms with Gasteiger partial charge in [-0.15, -0.1) is 31.2 Å². The van der Waals surface area contributed by atoms with Gasteiger partial charge in [0.2, 0.25) is 17.7 Å². The summed E-state index contributed by atoms with van der Waals surface area (Å²) in [5.41, 5.74) is 6.61. The molecule has 23 heteroatoms. The number of nitrogens with zero attached hydrogens (tertiary/aromatic N) is 9. The molecule has 4 aliphatic rings. The number of aliphatic hydroxyl groups is 1. The maximum atomic E-state index is 16.2. The molecule has 1 saturated heterocycles. The normalized spacial score (nSPS) is 17.6. The predicted octanol–water partition coefficient (Wildman–Crippen LogP) is 6.41. The zero-order valence-corrected chi connectivity index (χ0v) is 46.2. The molecule has 7 aromatic rings. The number of carbonyl (C=O) groups is 5. The molecule has 4 bridgehead atoms. The molecule has 1 fully saturated rings. The van der Waals surface area contributed by atoms with Crippen LogP contribution in [0.15, 0.2) is 65.8 Å². The van der Waals surface area contributed by atoms with E-state index in [4.69, 9.17) is 31.5 Å². The number of carbonyl (C=O) groups excluding carboxylic acids is 5. The van der Waals surface area contributed by atoms with Crippen LogP contribution in [0.3, 0.4) is 0 Å². The third-order valence-corrected chi connectivity index (χ3v) is 16.7. The molecule has 1 unspecified atom stereocenters. The van der Waals surface area contributed by atoms with E-state index >= 15 is 4.39 Å². The van der Waals surface area contributed by atoms with Crippen LogP contribution in [0.5, 0.6) is 0 Å². The number of aromatic nitrogens is 7. The molecule has 3 aromatic carbocycles. The average molecular weight is 1120 g/mol. The van der Waals surface area contributed by atoms with E-state index in [1.165, 1.54) is 10.9 Å². The van der Waals surface area contributed by atoms with Crippen LogP contribution in [-0.4, -0.2) is 127 Å². The zero-order chi connectivity index (χ0) is 55.5. The van der Waals surface area contributed by atoms with Crippen LogP contribution in [0.25, 0.3) is 37.9 Å². The number of hydrogen-bond acceptors (Lipinski definition) is 14. The number of hydrogen-bond donors (Lipinski definition) is 5. The summed E-state index contributed by atoms with van der Waals surface area (Å²) in [4.78, 5) is 74.4. The van der Waals surface area contributed by atoms with Crippen LogP contribution < -0.4 is 25.9 Å². The number of amides is 4. The molecule has 20 nitrogen and oxygen atoms in total.